The Labute approximate surface area is 163 Å². The van der Waals surface area contributed by atoms with Crippen LogP contribution in [0.5, 0.6) is 0 Å². The Morgan fingerprint density at radius 1 is 0.455 bits per heavy atom. The molecule has 0 nitrogen and oxygen atoms in total. The normalized spacial score (nSPS) is 23.1. The molecule has 0 aliphatic carbocycles. The average Bonchev–Trinajstić information content (AvgIpc) is 3.27. The highest BCUT2D eigenvalue weighted by Crippen LogP contribution is 2.71. The van der Waals surface area contributed by atoms with E-state index in [4.69, 9.17) is 0 Å². The summed E-state index contributed by atoms with van der Waals surface area (Å²) in [4.78, 5) is 2.80. The van der Waals surface area contributed by atoms with Gasteiger partial charge in [-0.1, -0.05) is 106 Å². The van der Waals surface area contributed by atoms with Crippen LogP contribution in [-0.2, 0) is 0 Å². The molecule has 0 atom stereocenters. The van der Waals surface area contributed by atoms with E-state index in [2.05, 4.69) is 35.1 Å². The van der Waals surface area contributed by atoms with Crippen LogP contribution in [0.4, 0.5) is 0 Å². The number of benzene rings is 1. The first-order chi connectivity index (χ1) is 10.9. The second-order valence-electron chi connectivity index (χ2n) is 4.29. The molecule has 0 spiro atoms. The van der Waals surface area contributed by atoms with Crippen LogP contribution in [0.2, 0.25) is 0 Å². The number of rotatable bonds is 0. The van der Waals surface area contributed by atoms with Gasteiger partial charge in [0, 0.05) is 9.79 Å². The van der Waals surface area contributed by atoms with Crippen molar-refractivity contribution >= 4 is 94.1 Å². The van der Waals surface area contributed by atoms with E-state index in [1.54, 1.807) is 0 Å². The second kappa shape index (κ2) is 6.37. The van der Waals surface area contributed by atoms with E-state index in [9.17, 15) is 0 Å². The third kappa shape index (κ3) is 2.77. The van der Waals surface area contributed by atoms with Gasteiger partial charge in [0.2, 0.25) is 0 Å². The quantitative estimate of drug-likeness (QED) is 0.399. The minimum atomic E-state index is 1.40. The molecule has 0 amide bonds. The number of thioether (sulfide) groups is 8. The first-order valence-electron chi connectivity index (χ1n) is 6.24. The van der Waals surface area contributed by atoms with Crippen LogP contribution in [0.3, 0.4) is 0 Å². The highest BCUT2D eigenvalue weighted by Gasteiger charge is 2.35. The van der Waals surface area contributed by atoms with Gasteiger partial charge >= 0.3 is 0 Å². The van der Waals surface area contributed by atoms with Crippen LogP contribution in [0, 0.1) is 0 Å². The van der Waals surface area contributed by atoms with Gasteiger partial charge in [-0.15, -0.1) is 0 Å². The number of fused-ring (bicyclic) bond motifs is 1. The van der Waals surface area contributed by atoms with Crippen LogP contribution < -0.4 is 0 Å². The summed E-state index contributed by atoms with van der Waals surface area (Å²) >= 11 is 15.4. The van der Waals surface area contributed by atoms with Crippen LogP contribution in [0.1, 0.15) is 0 Å². The summed E-state index contributed by atoms with van der Waals surface area (Å²) in [5.41, 5.74) is 0. The zero-order chi connectivity index (χ0) is 14.5. The van der Waals surface area contributed by atoms with E-state index in [-0.39, 0.29) is 0 Å². The predicted molar refractivity (Wildman–Crippen MR) is 114 cm³/mol. The molecule has 0 fully saturated rings. The van der Waals surface area contributed by atoms with Gasteiger partial charge in [0.1, 0.15) is 0 Å². The van der Waals surface area contributed by atoms with Gasteiger partial charge in [0.15, 0.2) is 0 Å². The Bertz CT molecular complexity index is 742. The molecule has 0 saturated carbocycles. The van der Waals surface area contributed by atoms with Crippen molar-refractivity contribution < 1.29 is 0 Å². The summed E-state index contributed by atoms with van der Waals surface area (Å²) < 4.78 is 8.77. The van der Waals surface area contributed by atoms with Crippen LogP contribution in [0.25, 0.3) is 0 Å². The van der Waals surface area contributed by atoms with Crippen molar-refractivity contribution in [1.29, 1.82) is 0 Å². The Balaban J connectivity index is 1.35. The lowest BCUT2D eigenvalue weighted by molar-refractivity contribution is 1.27. The maximum atomic E-state index is 2.22. The van der Waals surface area contributed by atoms with E-state index in [0.717, 1.165) is 0 Å². The summed E-state index contributed by atoms with van der Waals surface area (Å²) in [5.74, 6) is 0. The lowest BCUT2D eigenvalue weighted by Gasteiger charge is -2.06. The van der Waals surface area contributed by atoms with E-state index in [1.807, 2.05) is 94.1 Å². The van der Waals surface area contributed by atoms with Crippen LogP contribution in [-0.4, -0.2) is 0 Å². The lowest BCUT2D eigenvalue weighted by Crippen LogP contribution is -1.71. The zero-order valence-corrected chi connectivity index (χ0v) is 17.3. The SMILES string of the molecule is C1=CSC(=C2SC3=C(S2)SC(=C2Sc4ccccc4S2)S3)S1. The zero-order valence-electron chi connectivity index (χ0n) is 10.7. The second-order valence-corrected chi connectivity index (χ2v) is 13.9. The molecule has 4 aliphatic heterocycles. The number of hydrogen-bond acceptors (Lipinski definition) is 8. The van der Waals surface area contributed by atoms with Gasteiger partial charge in [-0.25, -0.2) is 0 Å². The molecule has 1 aromatic carbocycles. The Kier molecular flexibility index (Phi) is 4.41. The van der Waals surface area contributed by atoms with E-state index in [1.165, 1.54) is 35.2 Å². The largest absolute Gasteiger partial charge is 0.0884 e. The Hall–Kier alpha value is 0.980. The van der Waals surface area contributed by atoms with Gasteiger partial charge < -0.3 is 0 Å². The van der Waals surface area contributed by atoms with E-state index < -0.39 is 0 Å². The molecule has 22 heavy (non-hydrogen) atoms. The van der Waals surface area contributed by atoms with Crippen molar-refractivity contribution in [2.24, 2.45) is 0 Å². The van der Waals surface area contributed by atoms with Gasteiger partial charge in [-0.3, -0.25) is 0 Å². The molecule has 4 aliphatic rings. The van der Waals surface area contributed by atoms with Crippen molar-refractivity contribution in [3.8, 4) is 0 Å². The molecule has 0 aromatic heterocycles. The summed E-state index contributed by atoms with van der Waals surface area (Å²) in [6.45, 7) is 0. The lowest BCUT2D eigenvalue weighted by atomic mass is 10.4. The molecular weight excluding hydrogens is 425 g/mol. The summed E-state index contributed by atoms with van der Waals surface area (Å²) in [6.07, 6.45) is 0. The Morgan fingerprint density at radius 2 is 0.864 bits per heavy atom. The molecule has 0 radical (unpaired) electrons. The van der Waals surface area contributed by atoms with Crippen LogP contribution >= 0.6 is 94.1 Å². The van der Waals surface area contributed by atoms with E-state index in [0.29, 0.717) is 0 Å². The van der Waals surface area contributed by atoms with Crippen molar-refractivity contribution in [1.82, 2.24) is 0 Å². The van der Waals surface area contributed by atoms with Crippen molar-refractivity contribution in [2.45, 2.75) is 9.79 Å². The highest BCUT2D eigenvalue weighted by molar-refractivity contribution is 8.49. The first-order valence-corrected chi connectivity index (χ1v) is 12.9. The summed E-state index contributed by atoms with van der Waals surface area (Å²) in [6, 6.07) is 8.70. The summed E-state index contributed by atoms with van der Waals surface area (Å²) in [7, 11) is 0. The summed E-state index contributed by atoms with van der Waals surface area (Å²) in [5, 5.41) is 4.35. The molecule has 0 N–H and O–H groups in total. The molecular formula is C14H6S8. The topological polar surface area (TPSA) is 0 Å². The minimum absolute atomic E-state index is 1.40. The molecule has 1 aromatic rings. The molecule has 4 heterocycles. The molecule has 0 unspecified atom stereocenters. The molecule has 0 saturated heterocycles. The molecule has 5 rings (SSSR count). The third-order valence-electron chi connectivity index (χ3n) is 2.90. The van der Waals surface area contributed by atoms with Crippen molar-refractivity contribution in [2.75, 3.05) is 0 Å². The molecule has 8 heteroatoms. The maximum Gasteiger partial charge on any atom is 0.0718 e. The van der Waals surface area contributed by atoms with Gasteiger partial charge in [0.05, 0.1) is 25.4 Å². The van der Waals surface area contributed by atoms with Gasteiger partial charge in [-0.05, 0) is 22.9 Å². The van der Waals surface area contributed by atoms with E-state index >= 15 is 0 Å². The molecule has 0 bridgehead atoms. The predicted octanol–water partition coefficient (Wildman–Crippen LogP) is 8.18. The fraction of sp³-hybridized carbons (Fsp3) is 0. The van der Waals surface area contributed by atoms with Gasteiger partial charge in [0.25, 0.3) is 0 Å². The molecule has 110 valence electrons. The monoisotopic (exact) mass is 430 g/mol. The van der Waals surface area contributed by atoms with Crippen LogP contribution in [0.15, 0.2) is 70.3 Å². The van der Waals surface area contributed by atoms with Gasteiger partial charge in [-0.2, -0.15) is 0 Å². The maximum absolute atomic E-state index is 2.22. The average molecular weight is 431 g/mol. The fourth-order valence-corrected chi connectivity index (χ4v) is 13.3. The van der Waals surface area contributed by atoms with Crippen molar-refractivity contribution in [3.05, 3.63) is 60.5 Å². The highest BCUT2D eigenvalue weighted by atomic mass is 32.3. The standard InChI is InChI=1S/C14H6S8/c1-2-4-8-7(3-1)17-11(18-8)12-21-13-14(22-12)20-10(19-13)9-15-5-6-16-9/h1-6H. The smallest absolute Gasteiger partial charge is 0.0718 e. The first kappa shape index (κ1) is 15.3. The van der Waals surface area contributed by atoms with Crippen molar-refractivity contribution in [3.63, 3.8) is 0 Å². The Morgan fingerprint density at radius 3 is 1.36 bits per heavy atom. The minimum Gasteiger partial charge on any atom is -0.0884 e. The number of hydrogen-bond donors (Lipinski definition) is 0. The fourth-order valence-electron chi connectivity index (χ4n) is 1.98. The third-order valence-corrected chi connectivity index (χ3v) is 14.3.